The van der Waals surface area contributed by atoms with Crippen LogP contribution < -0.4 is 0 Å². The maximum atomic E-state index is 5.21. The molecule has 0 rings (SSSR count). The lowest BCUT2D eigenvalue weighted by Gasteiger charge is -2.17. The van der Waals surface area contributed by atoms with E-state index in [9.17, 15) is 0 Å². The Kier molecular flexibility index (Phi) is 5.22. The van der Waals surface area contributed by atoms with Crippen LogP contribution in [0.15, 0.2) is 4.99 Å². The summed E-state index contributed by atoms with van der Waals surface area (Å²) in [4.78, 5) is 3.90. The van der Waals surface area contributed by atoms with Gasteiger partial charge in [-0.2, -0.15) is 0 Å². The highest BCUT2D eigenvalue weighted by Crippen LogP contribution is 2.08. The van der Waals surface area contributed by atoms with Gasteiger partial charge < -0.3 is 4.74 Å². The second kappa shape index (κ2) is 5.42. The molecule has 0 aromatic carbocycles. The normalized spacial score (nSPS) is 16.3. The molecule has 0 spiro atoms. The molecule has 0 aliphatic carbocycles. The molecule has 0 radical (unpaired) electrons. The lowest BCUT2D eigenvalue weighted by atomic mass is 10.1. The first-order valence-electron chi connectivity index (χ1n) is 3.74. The first kappa shape index (κ1) is 9.63. The van der Waals surface area contributed by atoms with E-state index in [-0.39, 0.29) is 12.1 Å². The van der Waals surface area contributed by atoms with Crippen molar-refractivity contribution in [3.63, 3.8) is 0 Å². The van der Waals surface area contributed by atoms with Crippen LogP contribution in [-0.2, 0) is 4.74 Å². The summed E-state index contributed by atoms with van der Waals surface area (Å²) in [5.74, 6) is 0. The zero-order valence-corrected chi connectivity index (χ0v) is 7.13. The quantitative estimate of drug-likeness (QED) is 0.538. The lowest BCUT2D eigenvalue weighted by Crippen LogP contribution is -2.22. The number of rotatable bonds is 5. The SMILES string of the molecule is C=NC(C)C(CCC)OC. The third kappa shape index (κ3) is 2.97. The molecule has 0 aliphatic heterocycles. The van der Waals surface area contributed by atoms with E-state index in [1.54, 1.807) is 7.11 Å². The Morgan fingerprint density at radius 2 is 2.20 bits per heavy atom. The van der Waals surface area contributed by atoms with Crippen molar-refractivity contribution in [2.45, 2.75) is 38.8 Å². The van der Waals surface area contributed by atoms with Crippen molar-refractivity contribution in [3.8, 4) is 0 Å². The molecule has 60 valence electrons. The van der Waals surface area contributed by atoms with Crippen molar-refractivity contribution in [2.75, 3.05) is 7.11 Å². The van der Waals surface area contributed by atoms with Crippen LogP contribution in [-0.4, -0.2) is 26.0 Å². The minimum absolute atomic E-state index is 0.227. The molecule has 0 aromatic heterocycles. The number of aliphatic imine (C=N–C) groups is 1. The van der Waals surface area contributed by atoms with Gasteiger partial charge in [-0.25, -0.2) is 0 Å². The van der Waals surface area contributed by atoms with E-state index in [4.69, 9.17) is 4.74 Å². The van der Waals surface area contributed by atoms with E-state index < -0.39 is 0 Å². The minimum atomic E-state index is 0.227. The summed E-state index contributed by atoms with van der Waals surface area (Å²) >= 11 is 0. The zero-order valence-electron chi connectivity index (χ0n) is 7.13. The highest BCUT2D eigenvalue weighted by Gasteiger charge is 2.12. The van der Waals surface area contributed by atoms with Crippen LogP contribution in [0.3, 0.4) is 0 Å². The molecule has 2 atom stereocenters. The molecule has 2 nitrogen and oxygen atoms in total. The molecular formula is C8H17NO. The third-order valence-electron chi connectivity index (χ3n) is 1.70. The van der Waals surface area contributed by atoms with Crippen molar-refractivity contribution in [1.82, 2.24) is 0 Å². The van der Waals surface area contributed by atoms with Gasteiger partial charge in [0.25, 0.3) is 0 Å². The molecular weight excluding hydrogens is 126 g/mol. The molecule has 0 saturated carbocycles. The average Bonchev–Trinajstić information content (AvgIpc) is 1.99. The minimum Gasteiger partial charge on any atom is -0.379 e. The van der Waals surface area contributed by atoms with E-state index >= 15 is 0 Å². The van der Waals surface area contributed by atoms with Crippen molar-refractivity contribution >= 4 is 6.72 Å². The van der Waals surface area contributed by atoms with Crippen molar-refractivity contribution in [1.29, 1.82) is 0 Å². The van der Waals surface area contributed by atoms with Gasteiger partial charge in [-0.3, -0.25) is 4.99 Å². The van der Waals surface area contributed by atoms with Gasteiger partial charge in [-0.15, -0.1) is 0 Å². The van der Waals surface area contributed by atoms with Gasteiger partial charge in [0.1, 0.15) is 0 Å². The van der Waals surface area contributed by atoms with Crippen LogP contribution in [0, 0.1) is 0 Å². The fourth-order valence-electron chi connectivity index (χ4n) is 0.958. The van der Waals surface area contributed by atoms with Gasteiger partial charge in [-0.1, -0.05) is 13.3 Å². The van der Waals surface area contributed by atoms with Gasteiger partial charge >= 0.3 is 0 Å². The van der Waals surface area contributed by atoms with Gasteiger partial charge in [0.15, 0.2) is 0 Å². The molecule has 0 fully saturated rings. The second-order valence-electron chi connectivity index (χ2n) is 2.49. The summed E-state index contributed by atoms with van der Waals surface area (Å²) in [6, 6.07) is 0.227. The summed E-state index contributed by atoms with van der Waals surface area (Å²) in [5.41, 5.74) is 0. The lowest BCUT2D eigenvalue weighted by molar-refractivity contribution is 0.0784. The standard InChI is InChI=1S/C8H17NO/c1-5-6-8(10-4)7(2)9-3/h7-8H,3,5-6H2,1-2,4H3. The van der Waals surface area contributed by atoms with Crippen LogP contribution in [0.1, 0.15) is 26.7 Å². The Morgan fingerprint density at radius 1 is 1.60 bits per heavy atom. The Labute approximate surface area is 63.3 Å². The molecule has 0 heterocycles. The molecule has 10 heavy (non-hydrogen) atoms. The fourth-order valence-corrected chi connectivity index (χ4v) is 0.958. The number of hydrogen-bond acceptors (Lipinski definition) is 2. The number of methoxy groups -OCH3 is 1. The number of nitrogens with zero attached hydrogens (tertiary/aromatic N) is 1. The smallest absolute Gasteiger partial charge is 0.0791 e. The van der Waals surface area contributed by atoms with E-state index in [1.165, 1.54) is 0 Å². The van der Waals surface area contributed by atoms with Crippen molar-refractivity contribution < 1.29 is 4.74 Å². The first-order valence-corrected chi connectivity index (χ1v) is 3.74. The van der Waals surface area contributed by atoms with Gasteiger partial charge in [0.05, 0.1) is 12.1 Å². The summed E-state index contributed by atoms with van der Waals surface area (Å²) in [5, 5.41) is 0. The third-order valence-corrected chi connectivity index (χ3v) is 1.70. The highest BCUT2D eigenvalue weighted by atomic mass is 16.5. The van der Waals surface area contributed by atoms with Gasteiger partial charge in [-0.05, 0) is 20.1 Å². The van der Waals surface area contributed by atoms with E-state index in [2.05, 4.69) is 18.6 Å². The summed E-state index contributed by atoms with van der Waals surface area (Å²) in [6.07, 6.45) is 2.46. The largest absolute Gasteiger partial charge is 0.379 e. The van der Waals surface area contributed by atoms with Crippen molar-refractivity contribution in [2.24, 2.45) is 4.99 Å². The maximum absolute atomic E-state index is 5.21. The predicted molar refractivity (Wildman–Crippen MR) is 44.7 cm³/mol. The highest BCUT2D eigenvalue weighted by molar-refractivity contribution is 5.24. The Bertz CT molecular complexity index is 93.3. The molecule has 2 heteroatoms. The monoisotopic (exact) mass is 143 g/mol. The Balaban J connectivity index is 3.67. The predicted octanol–water partition coefficient (Wildman–Crippen LogP) is 1.89. The van der Waals surface area contributed by atoms with Crippen LogP contribution in [0.5, 0.6) is 0 Å². The van der Waals surface area contributed by atoms with Gasteiger partial charge in [0.2, 0.25) is 0 Å². The van der Waals surface area contributed by atoms with E-state index in [0.29, 0.717) is 0 Å². The molecule has 0 N–H and O–H groups in total. The molecule has 0 aliphatic rings. The van der Waals surface area contributed by atoms with Crippen LogP contribution in [0.4, 0.5) is 0 Å². The summed E-state index contributed by atoms with van der Waals surface area (Å²) in [6.45, 7) is 7.65. The second-order valence-corrected chi connectivity index (χ2v) is 2.49. The molecule has 0 saturated heterocycles. The summed E-state index contributed by atoms with van der Waals surface area (Å²) in [7, 11) is 1.72. The van der Waals surface area contributed by atoms with Crippen molar-refractivity contribution in [3.05, 3.63) is 0 Å². The first-order chi connectivity index (χ1) is 4.76. The van der Waals surface area contributed by atoms with Crippen LogP contribution in [0.25, 0.3) is 0 Å². The maximum Gasteiger partial charge on any atom is 0.0791 e. The number of hydrogen-bond donors (Lipinski definition) is 0. The van der Waals surface area contributed by atoms with E-state index in [0.717, 1.165) is 12.8 Å². The Hall–Kier alpha value is -0.370. The molecule has 2 unspecified atom stereocenters. The molecule has 0 amide bonds. The summed E-state index contributed by atoms with van der Waals surface area (Å²) < 4.78 is 5.21. The van der Waals surface area contributed by atoms with Gasteiger partial charge in [0, 0.05) is 7.11 Å². The van der Waals surface area contributed by atoms with E-state index in [1.807, 2.05) is 6.92 Å². The fraction of sp³-hybridized carbons (Fsp3) is 0.875. The van der Waals surface area contributed by atoms with Crippen LogP contribution in [0.2, 0.25) is 0 Å². The molecule has 0 aromatic rings. The van der Waals surface area contributed by atoms with Crippen LogP contribution >= 0.6 is 0 Å². The topological polar surface area (TPSA) is 21.6 Å². The number of ether oxygens (including phenoxy) is 1. The molecule has 0 bridgehead atoms. The average molecular weight is 143 g/mol. The zero-order chi connectivity index (χ0) is 7.98. The Morgan fingerprint density at radius 3 is 2.50 bits per heavy atom.